The lowest BCUT2D eigenvalue weighted by Crippen LogP contribution is -2.31. The van der Waals surface area contributed by atoms with Crippen LogP contribution in [0.15, 0.2) is 24.3 Å². The van der Waals surface area contributed by atoms with Crippen LogP contribution in [0.3, 0.4) is 0 Å². The molecule has 1 saturated heterocycles. The highest BCUT2D eigenvalue weighted by atomic mass is 16.2. The molecule has 1 aliphatic heterocycles. The van der Waals surface area contributed by atoms with Crippen LogP contribution in [-0.4, -0.2) is 45.9 Å². The minimum absolute atomic E-state index is 0.102. The molecule has 26 heavy (non-hydrogen) atoms. The number of aryl methyl sites for hydroxylation is 1. The first-order valence-corrected chi connectivity index (χ1v) is 9.67. The van der Waals surface area contributed by atoms with Crippen LogP contribution in [0.1, 0.15) is 44.9 Å². The lowest BCUT2D eigenvalue weighted by Gasteiger charge is -2.17. The Labute approximate surface area is 154 Å². The highest BCUT2D eigenvalue weighted by Gasteiger charge is 2.20. The topological polar surface area (TPSA) is 67.2 Å². The smallest absolute Gasteiger partial charge is 0.242 e. The van der Waals surface area contributed by atoms with Gasteiger partial charge in [0.25, 0.3) is 0 Å². The molecule has 2 aromatic rings. The number of fused-ring (bicyclic) bond motifs is 1. The molecule has 3 rings (SSSR count). The van der Waals surface area contributed by atoms with E-state index in [2.05, 4.69) is 5.32 Å². The Morgan fingerprint density at radius 3 is 2.73 bits per heavy atom. The number of nitrogens with one attached hydrogen (secondary N) is 1. The first-order valence-electron chi connectivity index (χ1n) is 9.67. The number of aromatic nitrogens is 2. The fourth-order valence-electron chi connectivity index (χ4n) is 3.48. The molecule has 1 N–H and O–H groups in total. The SMILES string of the molecule is CCCC(=O)NCCCc1nc2ccccc2n1CC(=O)N1CCCC1. The molecule has 2 amide bonds. The van der Waals surface area contributed by atoms with Crippen molar-refractivity contribution in [1.29, 1.82) is 0 Å². The van der Waals surface area contributed by atoms with Gasteiger partial charge in [0.1, 0.15) is 12.4 Å². The van der Waals surface area contributed by atoms with Crippen molar-refractivity contribution in [2.45, 2.75) is 52.0 Å². The number of nitrogens with zero attached hydrogens (tertiary/aromatic N) is 3. The van der Waals surface area contributed by atoms with Crippen molar-refractivity contribution in [2.75, 3.05) is 19.6 Å². The molecule has 1 aromatic carbocycles. The molecule has 0 saturated carbocycles. The van der Waals surface area contributed by atoms with Crippen LogP contribution in [0.4, 0.5) is 0 Å². The minimum Gasteiger partial charge on any atom is -0.356 e. The number of amides is 2. The first kappa shape index (κ1) is 18.4. The molecule has 1 aliphatic rings. The van der Waals surface area contributed by atoms with E-state index in [1.807, 2.05) is 40.7 Å². The van der Waals surface area contributed by atoms with E-state index < -0.39 is 0 Å². The fourth-order valence-corrected chi connectivity index (χ4v) is 3.48. The Bertz CT molecular complexity index is 762. The van der Waals surface area contributed by atoms with Crippen molar-refractivity contribution in [3.05, 3.63) is 30.1 Å². The van der Waals surface area contributed by atoms with Crippen molar-refractivity contribution in [3.8, 4) is 0 Å². The number of likely N-dealkylation sites (tertiary alicyclic amines) is 1. The second-order valence-corrected chi connectivity index (χ2v) is 6.89. The first-order chi connectivity index (χ1) is 12.7. The lowest BCUT2D eigenvalue weighted by molar-refractivity contribution is -0.130. The maximum atomic E-state index is 12.6. The second kappa shape index (κ2) is 8.83. The maximum Gasteiger partial charge on any atom is 0.242 e. The molecular formula is C20H28N4O2. The second-order valence-electron chi connectivity index (χ2n) is 6.89. The summed E-state index contributed by atoms with van der Waals surface area (Å²) in [6, 6.07) is 7.96. The van der Waals surface area contributed by atoms with Gasteiger partial charge in [0.15, 0.2) is 0 Å². The zero-order chi connectivity index (χ0) is 18.4. The highest BCUT2D eigenvalue weighted by molar-refractivity contribution is 5.81. The average Bonchev–Trinajstić information content (AvgIpc) is 3.28. The van der Waals surface area contributed by atoms with Crippen LogP contribution in [0, 0.1) is 0 Å². The van der Waals surface area contributed by atoms with Gasteiger partial charge in [-0.2, -0.15) is 0 Å². The average molecular weight is 356 g/mol. The van der Waals surface area contributed by atoms with E-state index >= 15 is 0 Å². The Kier molecular flexibility index (Phi) is 6.26. The number of carbonyl (C=O) groups is 2. The minimum atomic E-state index is 0.102. The van der Waals surface area contributed by atoms with Gasteiger partial charge in [0, 0.05) is 32.5 Å². The normalized spacial score (nSPS) is 14.1. The summed E-state index contributed by atoms with van der Waals surface area (Å²) >= 11 is 0. The Morgan fingerprint density at radius 2 is 1.96 bits per heavy atom. The van der Waals surface area contributed by atoms with Crippen molar-refractivity contribution < 1.29 is 9.59 Å². The molecule has 6 heteroatoms. The zero-order valence-corrected chi connectivity index (χ0v) is 15.5. The predicted molar refractivity (Wildman–Crippen MR) is 102 cm³/mol. The fraction of sp³-hybridized carbons (Fsp3) is 0.550. The van der Waals surface area contributed by atoms with E-state index in [4.69, 9.17) is 4.98 Å². The van der Waals surface area contributed by atoms with Gasteiger partial charge in [-0.25, -0.2) is 4.98 Å². The Hall–Kier alpha value is -2.37. The number of hydrogen-bond acceptors (Lipinski definition) is 3. The molecule has 0 aliphatic carbocycles. The molecule has 0 unspecified atom stereocenters. The molecular weight excluding hydrogens is 328 g/mol. The summed E-state index contributed by atoms with van der Waals surface area (Å²) in [6.45, 7) is 4.72. The van der Waals surface area contributed by atoms with Gasteiger partial charge in [-0.3, -0.25) is 9.59 Å². The van der Waals surface area contributed by atoms with Gasteiger partial charge in [0.2, 0.25) is 11.8 Å². The summed E-state index contributed by atoms with van der Waals surface area (Å²) in [5.74, 6) is 1.19. The summed E-state index contributed by atoms with van der Waals surface area (Å²) in [5.41, 5.74) is 1.93. The molecule has 0 bridgehead atoms. The van der Waals surface area contributed by atoms with Crippen LogP contribution in [-0.2, 0) is 22.6 Å². The summed E-state index contributed by atoms with van der Waals surface area (Å²) in [5, 5.41) is 2.94. The van der Waals surface area contributed by atoms with Crippen molar-refractivity contribution in [3.63, 3.8) is 0 Å². The maximum absolute atomic E-state index is 12.6. The van der Waals surface area contributed by atoms with Crippen LogP contribution in [0.25, 0.3) is 11.0 Å². The van der Waals surface area contributed by atoms with E-state index in [0.717, 1.165) is 62.1 Å². The molecule has 0 spiro atoms. The van der Waals surface area contributed by atoms with E-state index in [0.29, 0.717) is 19.5 Å². The van der Waals surface area contributed by atoms with Crippen LogP contribution >= 0.6 is 0 Å². The van der Waals surface area contributed by atoms with Gasteiger partial charge < -0.3 is 14.8 Å². The largest absolute Gasteiger partial charge is 0.356 e. The van der Waals surface area contributed by atoms with E-state index in [-0.39, 0.29) is 11.8 Å². The van der Waals surface area contributed by atoms with Crippen LogP contribution in [0.5, 0.6) is 0 Å². The summed E-state index contributed by atoms with van der Waals surface area (Å²) < 4.78 is 2.05. The van der Waals surface area contributed by atoms with Crippen molar-refractivity contribution >= 4 is 22.8 Å². The molecule has 140 valence electrons. The Morgan fingerprint density at radius 1 is 1.19 bits per heavy atom. The molecule has 1 fully saturated rings. The number of benzene rings is 1. The highest BCUT2D eigenvalue weighted by Crippen LogP contribution is 2.18. The van der Waals surface area contributed by atoms with Gasteiger partial charge in [-0.1, -0.05) is 19.1 Å². The summed E-state index contributed by atoms with van der Waals surface area (Å²) in [6.07, 6.45) is 5.19. The van der Waals surface area contributed by atoms with Crippen molar-refractivity contribution in [1.82, 2.24) is 19.8 Å². The molecule has 0 radical (unpaired) electrons. The van der Waals surface area contributed by atoms with E-state index in [1.54, 1.807) is 0 Å². The van der Waals surface area contributed by atoms with Crippen molar-refractivity contribution in [2.24, 2.45) is 0 Å². The summed E-state index contributed by atoms with van der Waals surface area (Å²) in [7, 11) is 0. The van der Waals surface area contributed by atoms with Gasteiger partial charge in [0.05, 0.1) is 11.0 Å². The number of imidazole rings is 1. The van der Waals surface area contributed by atoms with E-state index in [1.165, 1.54) is 0 Å². The third kappa shape index (κ3) is 4.42. The quantitative estimate of drug-likeness (QED) is 0.739. The number of hydrogen-bond donors (Lipinski definition) is 1. The van der Waals surface area contributed by atoms with Gasteiger partial charge >= 0.3 is 0 Å². The van der Waals surface area contributed by atoms with Crippen LogP contribution in [0.2, 0.25) is 0 Å². The molecule has 6 nitrogen and oxygen atoms in total. The van der Waals surface area contributed by atoms with Gasteiger partial charge in [-0.05, 0) is 37.8 Å². The van der Waals surface area contributed by atoms with Gasteiger partial charge in [-0.15, -0.1) is 0 Å². The third-order valence-corrected chi connectivity index (χ3v) is 4.86. The zero-order valence-electron chi connectivity index (χ0n) is 15.5. The van der Waals surface area contributed by atoms with E-state index in [9.17, 15) is 9.59 Å². The molecule has 2 heterocycles. The lowest BCUT2D eigenvalue weighted by atomic mass is 10.2. The monoisotopic (exact) mass is 356 g/mol. The number of para-hydroxylation sites is 2. The van der Waals surface area contributed by atoms with Crippen LogP contribution < -0.4 is 5.32 Å². The number of rotatable bonds is 8. The molecule has 1 aromatic heterocycles. The predicted octanol–water partition coefficient (Wildman–Crippen LogP) is 2.51. The summed E-state index contributed by atoms with van der Waals surface area (Å²) in [4.78, 5) is 30.9. The molecule has 0 atom stereocenters. The standard InChI is InChI=1S/C20H28N4O2/c1-2-8-19(25)21-12-7-11-18-22-16-9-3-4-10-17(16)24(18)15-20(26)23-13-5-6-14-23/h3-4,9-10H,2,5-8,11-15H2,1H3,(H,21,25). The number of carbonyl (C=O) groups excluding carboxylic acids is 2. The Balaban J connectivity index is 1.68. The third-order valence-electron chi connectivity index (χ3n) is 4.86.